The highest BCUT2D eigenvalue weighted by Gasteiger charge is 2.26. The summed E-state index contributed by atoms with van der Waals surface area (Å²) in [4.78, 5) is 14.4. The second-order valence-corrected chi connectivity index (χ2v) is 7.46. The number of Topliss-reactive ketones (excluding diaryl/α,β-unsaturated/α-hetero) is 1. The first-order valence-electron chi connectivity index (χ1n) is 8.70. The molecule has 0 saturated carbocycles. The van der Waals surface area contributed by atoms with Gasteiger partial charge in [-0.3, -0.25) is 14.8 Å². The van der Waals surface area contributed by atoms with E-state index in [4.69, 9.17) is 11.6 Å². The molecule has 1 aromatic carbocycles. The molecule has 0 radical (unpaired) electrons. The molecule has 0 bridgehead atoms. The standard InChI is InChI=1S/C19H25ClN4O/c1-12-4-7-18(22-12)19(25)11-24(3)10-15-6-5-14(8-17(15)20)16-9-21-23-13(16)2/h5-6,8-9,12,18,22H,4,7,10-11H2,1-3H3,(H,21,23). The molecule has 1 aliphatic heterocycles. The summed E-state index contributed by atoms with van der Waals surface area (Å²) in [5.74, 6) is 0.258. The number of hydrogen-bond acceptors (Lipinski definition) is 4. The number of rotatable bonds is 6. The zero-order valence-corrected chi connectivity index (χ0v) is 15.7. The van der Waals surface area contributed by atoms with Crippen LogP contribution in [0.4, 0.5) is 0 Å². The van der Waals surface area contributed by atoms with Crippen molar-refractivity contribution < 1.29 is 4.79 Å². The van der Waals surface area contributed by atoms with E-state index in [2.05, 4.69) is 28.5 Å². The molecule has 25 heavy (non-hydrogen) atoms. The molecule has 0 amide bonds. The van der Waals surface area contributed by atoms with Crippen molar-refractivity contribution in [2.24, 2.45) is 0 Å². The molecule has 2 N–H and O–H groups in total. The number of ketones is 1. The fourth-order valence-corrected chi connectivity index (χ4v) is 3.63. The van der Waals surface area contributed by atoms with Crippen LogP contribution in [0.5, 0.6) is 0 Å². The Balaban J connectivity index is 1.62. The van der Waals surface area contributed by atoms with Crippen LogP contribution in [0.2, 0.25) is 5.02 Å². The molecule has 0 aliphatic carbocycles. The zero-order valence-electron chi connectivity index (χ0n) is 15.0. The van der Waals surface area contributed by atoms with Gasteiger partial charge in [0.2, 0.25) is 0 Å². The lowest BCUT2D eigenvalue weighted by molar-refractivity contribution is -0.121. The minimum absolute atomic E-state index is 0.000589. The summed E-state index contributed by atoms with van der Waals surface area (Å²) in [6.07, 6.45) is 3.81. The average molecular weight is 361 g/mol. The normalized spacial score (nSPS) is 20.4. The predicted octanol–water partition coefficient (Wildman–Crippen LogP) is 3.18. The number of aromatic nitrogens is 2. The second-order valence-electron chi connectivity index (χ2n) is 7.05. The predicted molar refractivity (Wildman–Crippen MR) is 101 cm³/mol. The molecule has 1 saturated heterocycles. The number of carbonyl (C=O) groups excluding carboxylic acids is 1. The highest BCUT2D eigenvalue weighted by atomic mass is 35.5. The van der Waals surface area contributed by atoms with E-state index in [1.165, 1.54) is 0 Å². The first-order valence-corrected chi connectivity index (χ1v) is 9.08. The molecule has 0 spiro atoms. The fourth-order valence-electron chi connectivity index (χ4n) is 3.39. The van der Waals surface area contributed by atoms with Gasteiger partial charge in [0.25, 0.3) is 0 Å². The Bertz CT molecular complexity index is 758. The first kappa shape index (κ1) is 18.1. The fraction of sp³-hybridized carbons (Fsp3) is 0.474. The maximum absolute atomic E-state index is 12.4. The summed E-state index contributed by atoms with van der Waals surface area (Å²) >= 11 is 6.47. The number of carbonyl (C=O) groups is 1. The SMILES string of the molecule is Cc1[nH]ncc1-c1ccc(CN(C)CC(=O)C2CCC(C)N2)c(Cl)c1. The van der Waals surface area contributed by atoms with E-state index in [-0.39, 0.29) is 11.8 Å². The highest BCUT2D eigenvalue weighted by Crippen LogP contribution is 2.27. The summed E-state index contributed by atoms with van der Waals surface area (Å²) < 4.78 is 0. The summed E-state index contributed by atoms with van der Waals surface area (Å²) in [5.41, 5.74) is 4.14. The van der Waals surface area contributed by atoms with Crippen LogP contribution >= 0.6 is 11.6 Å². The van der Waals surface area contributed by atoms with Gasteiger partial charge in [-0.25, -0.2) is 0 Å². The minimum Gasteiger partial charge on any atom is -0.305 e. The quantitative estimate of drug-likeness (QED) is 0.830. The molecule has 5 nitrogen and oxygen atoms in total. The van der Waals surface area contributed by atoms with Crippen LogP contribution in [0.3, 0.4) is 0 Å². The number of benzene rings is 1. The Kier molecular flexibility index (Phi) is 5.57. The lowest BCUT2D eigenvalue weighted by Gasteiger charge is -2.19. The maximum Gasteiger partial charge on any atom is 0.163 e. The number of halogens is 1. The number of nitrogens with one attached hydrogen (secondary N) is 2. The van der Waals surface area contributed by atoms with E-state index in [1.54, 1.807) is 6.20 Å². The Labute approximate surface area is 153 Å². The van der Waals surface area contributed by atoms with Crippen molar-refractivity contribution in [1.29, 1.82) is 0 Å². The number of H-pyrrole nitrogens is 1. The van der Waals surface area contributed by atoms with Crippen molar-refractivity contribution in [2.75, 3.05) is 13.6 Å². The summed E-state index contributed by atoms with van der Waals surface area (Å²) in [7, 11) is 1.96. The van der Waals surface area contributed by atoms with Crippen LogP contribution in [0.1, 0.15) is 31.0 Å². The van der Waals surface area contributed by atoms with Gasteiger partial charge in [-0.1, -0.05) is 23.7 Å². The molecule has 2 atom stereocenters. The van der Waals surface area contributed by atoms with Gasteiger partial charge >= 0.3 is 0 Å². The van der Waals surface area contributed by atoms with Crippen molar-refractivity contribution in [2.45, 2.75) is 45.3 Å². The van der Waals surface area contributed by atoms with Crippen LogP contribution in [0.25, 0.3) is 11.1 Å². The van der Waals surface area contributed by atoms with Crippen LogP contribution in [-0.2, 0) is 11.3 Å². The molecule has 2 aromatic rings. The van der Waals surface area contributed by atoms with Gasteiger partial charge in [-0.15, -0.1) is 0 Å². The third kappa shape index (κ3) is 4.29. The molecule has 1 aliphatic rings. The average Bonchev–Trinajstić information content (AvgIpc) is 3.18. The van der Waals surface area contributed by atoms with E-state index in [0.717, 1.165) is 35.2 Å². The van der Waals surface area contributed by atoms with Crippen LogP contribution in [-0.4, -0.2) is 46.6 Å². The number of likely N-dealkylation sites (N-methyl/N-ethyl adjacent to an activating group) is 1. The molecule has 1 fully saturated rings. The van der Waals surface area contributed by atoms with Crippen molar-refractivity contribution in [1.82, 2.24) is 20.4 Å². The summed E-state index contributed by atoms with van der Waals surface area (Å²) in [6, 6.07) is 6.48. The molecule has 6 heteroatoms. The van der Waals surface area contributed by atoms with Crippen molar-refractivity contribution >= 4 is 17.4 Å². The Hall–Kier alpha value is -1.69. The van der Waals surface area contributed by atoms with E-state index < -0.39 is 0 Å². The van der Waals surface area contributed by atoms with Crippen molar-refractivity contribution in [3.63, 3.8) is 0 Å². The van der Waals surface area contributed by atoms with Gasteiger partial charge in [-0.2, -0.15) is 5.10 Å². The largest absolute Gasteiger partial charge is 0.305 e. The van der Waals surface area contributed by atoms with Crippen LogP contribution < -0.4 is 5.32 Å². The molecule has 2 heterocycles. The van der Waals surface area contributed by atoms with Crippen molar-refractivity contribution in [3.05, 3.63) is 40.7 Å². The molecule has 3 rings (SSSR count). The number of aryl methyl sites for hydroxylation is 1. The molecular weight excluding hydrogens is 336 g/mol. The molecular formula is C19H25ClN4O. The minimum atomic E-state index is -0.000589. The Morgan fingerprint density at radius 3 is 2.80 bits per heavy atom. The third-order valence-electron chi connectivity index (χ3n) is 4.82. The zero-order chi connectivity index (χ0) is 18.0. The summed E-state index contributed by atoms with van der Waals surface area (Å²) in [6.45, 7) is 5.20. The maximum atomic E-state index is 12.4. The smallest absolute Gasteiger partial charge is 0.163 e. The first-order chi connectivity index (χ1) is 11.9. The topological polar surface area (TPSA) is 61.0 Å². The lowest BCUT2D eigenvalue weighted by atomic mass is 10.0. The van der Waals surface area contributed by atoms with Gasteiger partial charge in [-0.05, 0) is 50.9 Å². The Morgan fingerprint density at radius 1 is 1.40 bits per heavy atom. The number of nitrogens with zero attached hydrogens (tertiary/aromatic N) is 2. The van der Waals surface area contributed by atoms with Crippen molar-refractivity contribution in [3.8, 4) is 11.1 Å². The van der Waals surface area contributed by atoms with Crippen LogP contribution in [0.15, 0.2) is 24.4 Å². The van der Waals surface area contributed by atoms with Gasteiger partial charge in [0, 0.05) is 28.9 Å². The third-order valence-corrected chi connectivity index (χ3v) is 5.17. The highest BCUT2D eigenvalue weighted by molar-refractivity contribution is 6.31. The Morgan fingerprint density at radius 2 is 2.20 bits per heavy atom. The monoisotopic (exact) mass is 360 g/mol. The van der Waals surface area contributed by atoms with Gasteiger partial charge < -0.3 is 5.32 Å². The van der Waals surface area contributed by atoms with E-state index in [0.29, 0.717) is 24.2 Å². The van der Waals surface area contributed by atoms with E-state index >= 15 is 0 Å². The summed E-state index contributed by atoms with van der Waals surface area (Å²) in [5, 5.41) is 11.1. The molecule has 134 valence electrons. The second kappa shape index (κ2) is 7.68. The van der Waals surface area contributed by atoms with Gasteiger partial charge in [0.15, 0.2) is 5.78 Å². The molecule has 1 aromatic heterocycles. The molecule has 2 unspecified atom stereocenters. The van der Waals surface area contributed by atoms with E-state index in [1.807, 2.05) is 31.0 Å². The van der Waals surface area contributed by atoms with E-state index in [9.17, 15) is 4.79 Å². The number of hydrogen-bond donors (Lipinski definition) is 2. The number of aromatic amines is 1. The van der Waals surface area contributed by atoms with Gasteiger partial charge in [0.05, 0.1) is 18.8 Å². The van der Waals surface area contributed by atoms with Gasteiger partial charge in [0.1, 0.15) is 0 Å². The van der Waals surface area contributed by atoms with Crippen LogP contribution in [0, 0.1) is 6.92 Å². The lowest BCUT2D eigenvalue weighted by Crippen LogP contribution is -2.40.